The second kappa shape index (κ2) is 9.31. The van der Waals surface area contributed by atoms with Crippen molar-refractivity contribution >= 4 is 34.2 Å². The fourth-order valence-corrected chi connectivity index (χ4v) is 4.21. The molecule has 2 heterocycles. The SMILES string of the molecule is O=C(Nc1ccc(CC(=O)N2CCN(c3ccccc3O)CC2)cc1)c1cc2ccccc2o1. The lowest BCUT2D eigenvalue weighted by Crippen LogP contribution is -2.49. The summed E-state index contributed by atoms with van der Waals surface area (Å²) in [5.74, 6) is 0.261. The van der Waals surface area contributed by atoms with E-state index in [1.807, 2.05) is 53.4 Å². The molecule has 0 radical (unpaired) electrons. The van der Waals surface area contributed by atoms with E-state index in [1.54, 1.807) is 30.3 Å². The van der Waals surface area contributed by atoms with E-state index in [4.69, 9.17) is 4.42 Å². The monoisotopic (exact) mass is 455 g/mol. The van der Waals surface area contributed by atoms with Gasteiger partial charge in [-0.2, -0.15) is 0 Å². The van der Waals surface area contributed by atoms with Crippen LogP contribution >= 0.6 is 0 Å². The van der Waals surface area contributed by atoms with Crippen molar-refractivity contribution in [1.82, 2.24) is 4.90 Å². The predicted molar refractivity (Wildman–Crippen MR) is 131 cm³/mol. The molecule has 2 amide bonds. The summed E-state index contributed by atoms with van der Waals surface area (Å²) in [6.07, 6.45) is 0.300. The maximum Gasteiger partial charge on any atom is 0.291 e. The van der Waals surface area contributed by atoms with Gasteiger partial charge >= 0.3 is 0 Å². The molecule has 0 bridgehead atoms. The molecule has 1 fully saturated rings. The maximum atomic E-state index is 12.8. The van der Waals surface area contributed by atoms with Crippen LogP contribution in [0.4, 0.5) is 11.4 Å². The van der Waals surface area contributed by atoms with Crippen LogP contribution in [0.15, 0.2) is 83.3 Å². The lowest BCUT2D eigenvalue weighted by atomic mass is 10.1. The second-order valence-electron chi connectivity index (χ2n) is 8.33. The van der Waals surface area contributed by atoms with Gasteiger partial charge in [-0.25, -0.2) is 0 Å². The quantitative estimate of drug-likeness (QED) is 0.469. The number of furan rings is 1. The van der Waals surface area contributed by atoms with E-state index in [0.29, 0.717) is 43.9 Å². The zero-order chi connectivity index (χ0) is 23.5. The van der Waals surface area contributed by atoms with Crippen molar-refractivity contribution in [2.75, 3.05) is 36.4 Å². The minimum absolute atomic E-state index is 0.0657. The van der Waals surface area contributed by atoms with Crippen LogP contribution in [0.5, 0.6) is 5.75 Å². The molecular weight excluding hydrogens is 430 g/mol. The van der Waals surface area contributed by atoms with Gasteiger partial charge in [-0.15, -0.1) is 0 Å². The molecule has 5 rings (SSSR count). The van der Waals surface area contributed by atoms with Crippen molar-refractivity contribution in [1.29, 1.82) is 0 Å². The van der Waals surface area contributed by atoms with Crippen LogP contribution in [-0.2, 0) is 11.2 Å². The molecule has 1 aliphatic rings. The number of phenolic OH excluding ortho intramolecular Hbond substituents is 1. The normalized spacial score (nSPS) is 13.8. The van der Waals surface area contributed by atoms with Gasteiger partial charge in [0.05, 0.1) is 12.1 Å². The standard InChI is InChI=1S/C27H25N3O4/c31-23-7-3-2-6-22(23)29-13-15-30(16-14-29)26(32)17-19-9-11-21(12-10-19)28-27(33)25-18-20-5-1-4-8-24(20)34-25/h1-12,18,31H,13-17H2,(H,28,33). The van der Waals surface area contributed by atoms with Crippen LogP contribution in [0.1, 0.15) is 16.1 Å². The zero-order valence-corrected chi connectivity index (χ0v) is 18.6. The fraction of sp³-hybridized carbons (Fsp3) is 0.185. The number of phenols is 1. The predicted octanol–water partition coefficient (Wildman–Crippen LogP) is 4.28. The lowest BCUT2D eigenvalue weighted by molar-refractivity contribution is -0.130. The van der Waals surface area contributed by atoms with E-state index < -0.39 is 0 Å². The summed E-state index contributed by atoms with van der Waals surface area (Å²) in [5, 5.41) is 13.8. The molecule has 1 saturated heterocycles. The molecule has 172 valence electrons. The summed E-state index contributed by atoms with van der Waals surface area (Å²) < 4.78 is 5.61. The van der Waals surface area contributed by atoms with Crippen molar-refractivity contribution in [2.24, 2.45) is 0 Å². The Morgan fingerprint density at radius 1 is 0.882 bits per heavy atom. The van der Waals surface area contributed by atoms with Crippen molar-refractivity contribution in [2.45, 2.75) is 6.42 Å². The van der Waals surface area contributed by atoms with E-state index in [0.717, 1.165) is 16.6 Å². The highest BCUT2D eigenvalue weighted by molar-refractivity contribution is 6.04. The maximum absolute atomic E-state index is 12.8. The molecular formula is C27H25N3O4. The Bertz CT molecular complexity index is 1290. The third-order valence-electron chi connectivity index (χ3n) is 6.07. The number of piperazine rings is 1. The Balaban J connectivity index is 1.15. The highest BCUT2D eigenvalue weighted by Gasteiger charge is 2.22. The summed E-state index contributed by atoms with van der Waals surface area (Å²) in [7, 11) is 0. The minimum Gasteiger partial charge on any atom is -0.506 e. The number of para-hydroxylation sites is 3. The van der Waals surface area contributed by atoms with Gasteiger partial charge in [0.1, 0.15) is 11.3 Å². The van der Waals surface area contributed by atoms with Crippen LogP contribution < -0.4 is 10.2 Å². The third-order valence-corrected chi connectivity index (χ3v) is 6.07. The Hall–Kier alpha value is -4.26. The van der Waals surface area contributed by atoms with E-state index >= 15 is 0 Å². The average molecular weight is 456 g/mol. The summed E-state index contributed by atoms with van der Waals surface area (Å²) >= 11 is 0. The number of amides is 2. The summed E-state index contributed by atoms with van der Waals surface area (Å²) in [5.41, 5.74) is 2.99. The van der Waals surface area contributed by atoms with Gasteiger partial charge in [0.25, 0.3) is 5.91 Å². The van der Waals surface area contributed by atoms with Crippen molar-refractivity contribution in [3.8, 4) is 5.75 Å². The van der Waals surface area contributed by atoms with Crippen LogP contribution in [-0.4, -0.2) is 48.0 Å². The number of rotatable bonds is 5. The topological polar surface area (TPSA) is 86.0 Å². The third kappa shape index (κ3) is 4.59. The first-order chi connectivity index (χ1) is 16.6. The highest BCUT2D eigenvalue weighted by Crippen LogP contribution is 2.27. The molecule has 0 unspecified atom stereocenters. The molecule has 0 spiro atoms. The van der Waals surface area contributed by atoms with Crippen LogP contribution in [0.2, 0.25) is 0 Å². The van der Waals surface area contributed by atoms with Crippen molar-refractivity contribution in [3.63, 3.8) is 0 Å². The van der Waals surface area contributed by atoms with Gasteiger partial charge in [0, 0.05) is 37.3 Å². The van der Waals surface area contributed by atoms with E-state index in [2.05, 4.69) is 10.2 Å². The number of hydrogen-bond donors (Lipinski definition) is 2. The first kappa shape index (κ1) is 21.6. The number of nitrogens with one attached hydrogen (secondary N) is 1. The summed E-state index contributed by atoms with van der Waals surface area (Å²) in [4.78, 5) is 29.3. The Morgan fingerprint density at radius 3 is 2.32 bits per heavy atom. The average Bonchev–Trinajstić information content (AvgIpc) is 3.30. The minimum atomic E-state index is -0.317. The lowest BCUT2D eigenvalue weighted by Gasteiger charge is -2.36. The molecule has 0 atom stereocenters. The summed E-state index contributed by atoms with van der Waals surface area (Å²) in [6.45, 7) is 2.57. The second-order valence-corrected chi connectivity index (χ2v) is 8.33. The number of carbonyl (C=O) groups excluding carboxylic acids is 2. The number of carbonyl (C=O) groups is 2. The van der Waals surface area contributed by atoms with Crippen LogP contribution in [0.3, 0.4) is 0 Å². The Kier molecular flexibility index (Phi) is 5.91. The highest BCUT2D eigenvalue weighted by atomic mass is 16.3. The molecule has 7 nitrogen and oxygen atoms in total. The first-order valence-electron chi connectivity index (χ1n) is 11.3. The fourth-order valence-electron chi connectivity index (χ4n) is 4.21. The number of hydrogen-bond acceptors (Lipinski definition) is 5. The molecule has 0 saturated carbocycles. The Morgan fingerprint density at radius 2 is 1.59 bits per heavy atom. The molecule has 3 aromatic carbocycles. The van der Waals surface area contributed by atoms with Crippen molar-refractivity contribution in [3.05, 3.63) is 90.2 Å². The van der Waals surface area contributed by atoms with Gasteiger partial charge in [-0.05, 0) is 42.0 Å². The van der Waals surface area contributed by atoms with E-state index in [9.17, 15) is 14.7 Å². The number of nitrogens with zero attached hydrogens (tertiary/aromatic N) is 2. The van der Waals surface area contributed by atoms with E-state index in [1.165, 1.54) is 0 Å². The van der Waals surface area contributed by atoms with Gasteiger partial charge in [0.2, 0.25) is 5.91 Å². The molecule has 2 N–H and O–H groups in total. The first-order valence-corrected chi connectivity index (χ1v) is 11.3. The van der Waals surface area contributed by atoms with Gasteiger partial charge in [0.15, 0.2) is 5.76 Å². The van der Waals surface area contributed by atoms with Crippen molar-refractivity contribution < 1.29 is 19.1 Å². The van der Waals surface area contributed by atoms with Crippen LogP contribution in [0.25, 0.3) is 11.0 Å². The molecule has 1 aliphatic heterocycles. The number of benzene rings is 3. The number of fused-ring (bicyclic) bond motifs is 1. The van der Waals surface area contributed by atoms with Gasteiger partial charge < -0.3 is 24.6 Å². The number of aromatic hydroxyl groups is 1. The molecule has 1 aromatic heterocycles. The molecule has 0 aliphatic carbocycles. The molecule has 34 heavy (non-hydrogen) atoms. The smallest absolute Gasteiger partial charge is 0.291 e. The summed E-state index contributed by atoms with van der Waals surface area (Å²) in [6, 6.07) is 23.7. The zero-order valence-electron chi connectivity index (χ0n) is 18.6. The molecule has 7 heteroatoms. The van der Waals surface area contributed by atoms with Crippen LogP contribution in [0, 0.1) is 0 Å². The largest absolute Gasteiger partial charge is 0.506 e. The number of anilines is 2. The Labute approximate surface area is 197 Å². The van der Waals surface area contributed by atoms with Gasteiger partial charge in [-0.1, -0.05) is 42.5 Å². The van der Waals surface area contributed by atoms with Gasteiger partial charge in [-0.3, -0.25) is 9.59 Å². The van der Waals surface area contributed by atoms with E-state index in [-0.39, 0.29) is 23.3 Å². The molecule has 4 aromatic rings.